The van der Waals surface area contributed by atoms with Crippen molar-refractivity contribution in [1.29, 1.82) is 0 Å². The molecule has 1 aliphatic rings. The molecule has 8 nitrogen and oxygen atoms in total. The predicted octanol–water partition coefficient (Wildman–Crippen LogP) is -0.0681. The highest BCUT2D eigenvalue weighted by molar-refractivity contribution is 5.98. The van der Waals surface area contributed by atoms with Crippen molar-refractivity contribution >= 4 is 30.1 Å². The minimum atomic E-state index is -0.586. The molecule has 2 rings (SSSR count). The summed E-state index contributed by atoms with van der Waals surface area (Å²) < 4.78 is 1.54. The van der Waals surface area contributed by atoms with Crippen LogP contribution in [0.25, 0.3) is 5.70 Å². The van der Waals surface area contributed by atoms with Gasteiger partial charge in [0.1, 0.15) is 17.7 Å². The molecule has 0 aliphatic carbocycles. The van der Waals surface area contributed by atoms with Crippen molar-refractivity contribution in [3.05, 3.63) is 17.8 Å². The molecular formula is C14H19N5O3. The van der Waals surface area contributed by atoms with E-state index in [0.29, 0.717) is 30.9 Å². The van der Waals surface area contributed by atoms with Crippen molar-refractivity contribution in [2.24, 2.45) is 11.7 Å². The molecule has 1 aromatic rings. The number of nitrogens with zero attached hydrogens (tertiary/aromatic N) is 3. The van der Waals surface area contributed by atoms with Gasteiger partial charge in [0.05, 0.1) is 11.9 Å². The summed E-state index contributed by atoms with van der Waals surface area (Å²) in [5.74, 6) is -0.0515. The molecule has 0 saturated carbocycles. The molecule has 22 heavy (non-hydrogen) atoms. The Hall–Kier alpha value is -2.64. The molecule has 1 aliphatic heterocycles. The van der Waals surface area contributed by atoms with Crippen LogP contribution in [-0.4, -0.2) is 53.4 Å². The Morgan fingerprint density at radius 2 is 2.09 bits per heavy atom. The summed E-state index contributed by atoms with van der Waals surface area (Å²) in [4.78, 5) is 34.9. The van der Waals surface area contributed by atoms with Gasteiger partial charge < -0.3 is 16.0 Å². The molecule has 1 fully saturated rings. The third-order valence-corrected chi connectivity index (χ3v) is 3.85. The number of rotatable bonds is 6. The lowest BCUT2D eigenvalue weighted by Gasteiger charge is -2.30. The van der Waals surface area contributed by atoms with Crippen molar-refractivity contribution < 1.29 is 14.4 Å². The molecule has 118 valence electrons. The number of aromatic nitrogens is 2. The number of carbonyl (C=O) groups is 3. The molecule has 1 aromatic heterocycles. The van der Waals surface area contributed by atoms with E-state index in [1.54, 1.807) is 11.9 Å². The van der Waals surface area contributed by atoms with Crippen LogP contribution in [0.1, 0.15) is 23.2 Å². The number of primary amides is 1. The van der Waals surface area contributed by atoms with Crippen molar-refractivity contribution in [2.45, 2.75) is 12.8 Å². The third-order valence-electron chi connectivity index (χ3n) is 3.85. The van der Waals surface area contributed by atoms with Gasteiger partial charge in [-0.05, 0) is 18.9 Å². The van der Waals surface area contributed by atoms with Gasteiger partial charge in [0, 0.05) is 26.1 Å². The van der Waals surface area contributed by atoms with E-state index in [1.165, 1.54) is 17.0 Å². The molecule has 0 radical (unpaired) electrons. The fourth-order valence-electron chi connectivity index (χ4n) is 2.72. The Kier molecular flexibility index (Phi) is 4.92. The number of hydrogen-bond donors (Lipinski definition) is 2. The van der Waals surface area contributed by atoms with Gasteiger partial charge >= 0.3 is 0 Å². The molecule has 0 atom stereocenters. The minimum absolute atomic E-state index is 0.0779. The normalized spacial score (nSPS) is 16.4. The highest BCUT2D eigenvalue weighted by Gasteiger charge is 2.25. The fraction of sp³-hybridized carbons (Fsp3) is 0.429. The van der Waals surface area contributed by atoms with Gasteiger partial charge in [-0.15, -0.1) is 0 Å². The first kappa shape index (κ1) is 15.7. The van der Waals surface area contributed by atoms with E-state index < -0.39 is 5.91 Å². The quantitative estimate of drug-likeness (QED) is 0.565. The number of nitrogens with two attached hydrogens (primary N) is 1. The van der Waals surface area contributed by atoms with Crippen LogP contribution < -0.4 is 11.1 Å². The van der Waals surface area contributed by atoms with Crippen molar-refractivity contribution in [3.63, 3.8) is 0 Å². The third kappa shape index (κ3) is 3.00. The largest absolute Gasteiger partial charge is 0.372 e. The predicted molar refractivity (Wildman–Crippen MR) is 81.0 cm³/mol. The second-order valence-corrected chi connectivity index (χ2v) is 5.08. The summed E-state index contributed by atoms with van der Waals surface area (Å²) in [5, 5.41) is 7.08. The number of aldehydes is 1. The summed E-state index contributed by atoms with van der Waals surface area (Å²) in [7, 11) is 1.66. The SMILES string of the molecule is CNc1c(C(N)=O)cnn1/C(=C\C=O)C1CCN(C=O)CC1. The topological polar surface area (TPSA) is 110 Å². The van der Waals surface area contributed by atoms with Gasteiger partial charge in [0.25, 0.3) is 5.91 Å². The molecule has 0 spiro atoms. The molecule has 0 aromatic carbocycles. The van der Waals surface area contributed by atoms with Gasteiger partial charge in [0.2, 0.25) is 6.41 Å². The van der Waals surface area contributed by atoms with Gasteiger partial charge in [-0.3, -0.25) is 14.4 Å². The number of anilines is 1. The van der Waals surface area contributed by atoms with E-state index in [9.17, 15) is 14.4 Å². The number of amides is 2. The van der Waals surface area contributed by atoms with Crippen LogP contribution in [-0.2, 0) is 9.59 Å². The van der Waals surface area contributed by atoms with Crippen LogP contribution >= 0.6 is 0 Å². The lowest BCUT2D eigenvalue weighted by molar-refractivity contribution is -0.119. The van der Waals surface area contributed by atoms with Gasteiger partial charge in [-0.1, -0.05) is 0 Å². The molecule has 0 bridgehead atoms. The minimum Gasteiger partial charge on any atom is -0.372 e. The number of piperidine rings is 1. The molecule has 0 unspecified atom stereocenters. The molecule has 2 amide bonds. The number of allylic oxidation sites excluding steroid dienone is 2. The highest BCUT2D eigenvalue weighted by atomic mass is 16.1. The first-order chi connectivity index (χ1) is 10.6. The molecular weight excluding hydrogens is 286 g/mol. The molecule has 3 N–H and O–H groups in total. The Balaban J connectivity index is 2.34. The van der Waals surface area contributed by atoms with Crippen LogP contribution in [0.3, 0.4) is 0 Å². The van der Waals surface area contributed by atoms with E-state index in [0.717, 1.165) is 19.3 Å². The van der Waals surface area contributed by atoms with Crippen molar-refractivity contribution in [2.75, 3.05) is 25.5 Å². The Morgan fingerprint density at radius 3 is 2.59 bits per heavy atom. The van der Waals surface area contributed by atoms with Crippen LogP contribution in [0, 0.1) is 5.92 Å². The Labute approximate surface area is 127 Å². The van der Waals surface area contributed by atoms with E-state index in [2.05, 4.69) is 10.4 Å². The monoisotopic (exact) mass is 305 g/mol. The zero-order chi connectivity index (χ0) is 16.1. The van der Waals surface area contributed by atoms with Crippen molar-refractivity contribution in [1.82, 2.24) is 14.7 Å². The lowest BCUT2D eigenvalue weighted by Crippen LogP contribution is -2.33. The summed E-state index contributed by atoms with van der Waals surface area (Å²) >= 11 is 0. The summed E-state index contributed by atoms with van der Waals surface area (Å²) in [5.41, 5.74) is 6.29. The number of hydrogen-bond acceptors (Lipinski definition) is 5. The number of likely N-dealkylation sites (tertiary alicyclic amines) is 1. The second kappa shape index (κ2) is 6.88. The average Bonchev–Trinajstić information content (AvgIpc) is 2.96. The summed E-state index contributed by atoms with van der Waals surface area (Å²) in [6.07, 6.45) is 5.82. The fourth-order valence-corrected chi connectivity index (χ4v) is 2.72. The molecule has 8 heteroatoms. The zero-order valence-electron chi connectivity index (χ0n) is 12.4. The lowest BCUT2D eigenvalue weighted by atomic mass is 9.93. The second-order valence-electron chi connectivity index (χ2n) is 5.08. The van der Waals surface area contributed by atoms with Crippen LogP contribution in [0.15, 0.2) is 12.3 Å². The Bertz CT molecular complexity index is 600. The van der Waals surface area contributed by atoms with Crippen molar-refractivity contribution in [3.8, 4) is 0 Å². The average molecular weight is 305 g/mol. The Morgan fingerprint density at radius 1 is 1.41 bits per heavy atom. The van der Waals surface area contributed by atoms with E-state index in [1.807, 2.05) is 0 Å². The van der Waals surface area contributed by atoms with Crippen LogP contribution in [0.5, 0.6) is 0 Å². The maximum Gasteiger partial charge on any atom is 0.254 e. The highest BCUT2D eigenvalue weighted by Crippen LogP contribution is 2.30. The maximum absolute atomic E-state index is 11.4. The smallest absolute Gasteiger partial charge is 0.254 e. The molecule has 1 saturated heterocycles. The summed E-state index contributed by atoms with van der Waals surface area (Å²) in [6, 6.07) is 0. The first-order valence-corrected chi connectivity index (χ1v) is 7.03. The number of nitrogens with one attached hydrogen (secondary N) is 1. The van der Waals surface area contributed by atoms with Gasteiger partial charge in [0.15, 0.2) is 0 Å². The summed E-state index contributed by atoms with van der Waals surface area (Å²) in [6.45, 7) is 1.26. The van der Waals surface area contributed by atoms with Crippen LogP contribution in [0.2, 0.25) is 0 Å². The van der Waals surface area contributed by atoms with Crippen LogP contribution in [0.4, 0.5) is 5.82 Å². The first-order valence-electron chi connectivity index (χ1n) is 7.03. The van der Waals surface area contributed by atoms with E-state index in [4.69, 9.17) is 5.73 Å². The molecule has 2 heterocycles. The number of carbonyl (C=O) groups excluding carboxylic acids is 3. The van der Waals surface area contributed by atoms with E-state index in [-0.39, 0.29) is 11.5 Å². The standard InChI is InChI=1S/C14H19N5O3/c1-16-14-11(13(15)22)8-17-19(14)12(4-7-20)10-2-5-18(9-21)6-3-10/h4,7-10,16H,2-3,5-6H2,1H3,(H2,15,22)/b12-4-. The van der Waals surface area contributed by atoms with E-state index >= 15 is 0 Å². The maximum atomic E-state index is 11.4. The van der Waals surface area contributed by atoms with Gasteiger partial charge in [-0.2, -0.15) is 5.10 Å². The van der Waals surface area contributed by atoms with Gasteiger partial charge in [-0.25, -0.2) is 4.68 Å². The zero-order valence-corrected chi connectivity index (χ0v) is 12.4.